The van der Waals surface area contributed by atoms with Gasteiger partial charge in [-0.3, -0.25) is 9.69 Å². The molecule has 2 aliphatic rings. The van der Waals surface area contributed by atoms with Crippen LogP contribution >= 0.6 is 11.6 Å². The summed E-state index contributed by atoms with van der Waals surface area (Å²) in [7, 11) is 0. The standard InChI is InChI=1S/C19H18ClF4N5O/c20-13-9-11(1-3-14(13)21)17(30)28-8-6-12-2-4-16(29(12)10-28)27-18-25-7-5-15(26-18)19(22,23)24/h1,3,5,7,9,12,16H,2,4,6,8,10H2,(H,25,26,27)/t12-,16-/m0/s1. The minimum atomic E-state index is -4.55. The monoisotopic (exact) mass is 443 g/mol. The van der Waals surface area contributed by atoms with Crippen molar-refractivity contribution in [3.05, 3.63) is 52.6 Å². The molecule has 2 aliphatic heterocycles. The van der Waals surface area contributed by atoms with Crippen LogP contribution in [0.5, 0.6) is 0 Å². The average Bonchev–Trinajstić information content (AvgIpc) is 3.11. The topological polar surface area (TPSA) is 61.4 Å². The van der Waals surface area contributed by atoms with Gasteiger partial charge in [0.2, 0.25) is 5.95 Å². The molecule has 3 heterocycles. The highest BCUT2D eigenvalue weighted by molar-refractivity contribution is 6.31. The quantitative estimate of drug-likeness (QED) is 0.727. The van der Waals surface area contributed by atoms with Gasteiger partial charge in [-0.25, -0.2) is 14.4 Å². The zero-order chi connectivity index (χ0) is 21.5. The fourth-order valence-electron chi connectivity index (χ4n) is 3.90. The molecule has 0 radical (unpaired) electrons. The molecule has 0 spiro atoms. The third-order valence-corrected chi connectivity index (χ3v) is 5.69. The summed E-state index contributed by atoms with van der Waals surface area (Å²) in [6.45, 7) is 0.816. The normalized spacial score (nSPS) is 22.1. The molecule has 0 bridgehead atoms. The first-order valence-corrected chi connectivity index (χ1v) is 9.77. The van der Waals surface area contributed by atoms with E-state index >= 15 is 0 Å². The predicted molar refractivity (Wildman–Crippen MR) is 101 cm³/mol. The van der Waals surface area contributed by atoms with Crippen LogP contribution in [0.25, 0.3) is 0 Å². The number of nitrogens with one attached hydrogen (secondary N) is 1. The van der Waals surface area contributed by atoms with E-state index in [0.717, 1.165) is 31.2 Å². The summed E-state index contributed by atoms with van der Waals surface area (Å²) in [5, 5.41) is 2.84. The van der Waals surface area contributed by atoms with E-state index in [1.807, 2.05) is 4.90 Å². The Morgan fingerprint density at radius 2 is 2.00 bits per heavy atom. The third-order valence-electron chi connectivity index (χ3n) is 5.40. The Bertz CT molecular complexity index is 957. The third kappa shape index (κ3) is 4.20. The number of nitrogens with zero attached hydrogens (tertiary/aromatic N) is 4. The lowest BCUT2D eigenvalue weighted by Gasteiger charge is -2.40. The second kappa shape index (κ2) is 7.99. The van der Waals surface area contributed by atoms with Gasteiger partial charge in [0.25, 0.3) is 5.91 Å². The van der Waals surface area contributed by atoms with E-state index in [4.69, 9.17) is 11.6 Å². The number of aromatic nitrogens is 2. The number of halogens is 5. The van der Waals surface area contributed by atoms with Gasteiger partial charge in [-0.2, -0.15) is 13.2 Å². The van der Waals surface area contributed by atoms with Crippen molar-refractivity contribution in [2.45, 2.75) is 37.6 Å². The van der Waals surface area contributed by atoms with Crippen LogP contribution in [0.4, 0.5) is 23.5 Å². The summed E-state index contributed by atoms with van der Waals surface area (Å²) in [6.07, 6.45) is -1.53. The van der Waals surface area contributed by atoms with Crippen molar-refractivity contribution >= 4 is 23.5 Å². The molecular formula is C19H18ClF4N5O. The molecule has 4 rings (SSSR count). The molecule has 1 amide bonds. The van der Waals surface area contributed by atoms with Crippen LogP contribution in [0.1, 0.15) is 35.3 Å². The Labute approximate surface area is 174 Å². The van der Waals surface area contributed by atoms with Gasteiger partial charge < -0.3 is 10.2 Å². The maximum Gasteiger partial charge on any atom is 0.433 e. The molecule has 30 heavy (non-hydrogen) atoms. The number of anilines is 1. The molecule has 11 heteroatoms. The molecule has 2 fully saturated rings. The van der Waals surface area contributed by atoms with Crippen LogP contribution in [0.15, 0.2) is 30.5 Å². The van der Waals surface area contributed by atoms with E-state index in [9.17, 15) is 22.4 Å². The number of carbonyl (C=O) groups is 1. The summed E-state index contributed by atoms with van der Waals surface area (Å²) < 4.78 is 52.1. The lowest BCUT2D eigenvalue weighted by Crippen LogP contribution is -2.54. The Hall–Kier alpha value is -2.46. The van der Waals surface area contributed by atoms with E-state index < -0.39 is 17.7 Å². The number of amides is 1. The van der Waals surface area contributed by atoms with E-state index in [-0.39, 0.29) is 41.3 Å². The Morgan fingerprint density at radius 1 is 1.20 bits per heavy atom. The fourth-order valence-corrected chi connectivity index (χ4v) is 4.08. The smallest absolute Gasteiger partial charge is 0.339 e. The van der Waals surface area contributed by atoms with E-state index in [1.165, 1.54) is 12.1 Å². The largest absolute Gasteiger partial charge is 0.433 e. The molecule has 1 aromatic carbocycles. The van der Waals surface area contributed by atoms with Crippen molar-refractivity contribution in [3.63, 3.8) is 0 Å². The molecule has 0 saturated carbocycles. The zero-order valence-corrected chi connectivity index (χ0v) is 16.4. The highest BCUT2D eigenvalue weighted by Crippen LogP contribution is 2.32. The summed E-state index contributed by atoms with van der Waals surface area (Å²) in [5.41, 5.74) is -0.733. The van der Waals surface area contributed by atoms with E-state index in [0.29, 0.717) is 13.0 Å². The van der Waals surface area contributed by atoms with Crippen molar-refractivity contribution in [1.29, 1.82) is 0 Å². The van der Waals surface area contributed by atoms with Crippen molar-refractivity contribution in [2.24, 2.45) is 0 Å². The van der Waals surface area contributed by atoms with Crippen LogP contribution in [-0.4, -0.2) is 51.1 Å². The zero-order valence-electron chi connectivity index (χ0n) is 15.7. The highest BCUT2D eigenvalue weighted by Gasteiger charge is 2.39. The number of rotatable bonds is 3. The number of carbonyl (C=O) groups excluding carboxylic acids is 1. The predicted octanol–water partition coefficient (Wildman–Crippen LogP) is 3.99. The summed E-state index contributed by atoms with van der Waals surface area (Å²) in [5.74, 6) is -0.989. The number of fused-ring (bicyclic) bond motifs is 1. The van der Waals surface area contributed by atoms with E-state index in [2.05, 4.69) is 15.3 Å². The minimum absolute atomic E-state index is 0.107. The van der Waals surface area contributed by atoms with Crippen molar-refractivity contribution in [1.82, 2.24) is 19.8 Å². The summed E-state index contributed by atoms with van der Waals surface area (Å²) in [4.78, 5) is 23.9. The first kappa shape index (κ1) is 20.8. The molecule has 1 aromatic heterocycles. The van der Waals surface area contributed by atoms with Gasteiger partial charge >= 0.3 is 6.18 Å². The van der Waals surface area contributed by atoms with Crippen LogP contribution in [0.3, 0.4) is 0 Å². The Balaban J connectivity index is 1.47. The lowest BCUT2D eigenvalue weighted by atomic mass is 10.1. The van der Waals surface area contributed by atoms with Crippen molar-refractivity contribution < 1.29 is 22.4 Å². The van der Waals surface area contributed by atoms with Crippen LogP contribution in [0.2, 0.25) is 5.02 Å². The van der Waals surface area contributed by atoms with Gasteiger partial charge in [-0.1, -0.05) is 11.6 Å². The highest BCUT2D eigenvalue weighted by atomic mass is 35.5. The van der Waals surface area contributed by atoms with Crippen molar-refractivity contribution in [2.75, 3.05) is 18.5 Å². The van der Waals surface area contributed by atoms with Crippen LogP contribution < -0.4 is 5.32 Å². The first-order valence-electron chi connectivity index (χ1n) is 9.39. The number of hydrogen-bond donors (Lipinski definition) is 1. The second-order valence-corrected chi connectivity index (χ2v) is 7.70. The molecule has 1 N–H and O–H groups in total. The van der Waals surface area contributed by atoms with Gasteiger partial charge in [0.15, 0.2) is 0 Å². The maximum atomic E-state index is 13.4. The van der Waals surface area contributed by atoms with Gasteiger partial charge in [-0.05, 0) is 43.5 Å². The Kier molecular flexibility index (Phi) is 5.54. The maximum absolute atomic E-state index is 13.4. The molecule has 2 saturated heterocycles. The molecule has 0 unspecified atom stereocenters. The van der Waals surface area contributed by atoms with Gasteiger partial charge in [0, 0.05) is 24.3 Å². The average molecular weight is 444 g/mol. The minimum Gasteiger partial charge on any atom is -0.339 e. The van der Waals surface area contributed by atoms with Crippen molar-refractivity contribution in [3.8, 4) is 0 Å². The van der Waals surface area contributed by atoms with E-state index in [1.54, 1.807) is 4.90 Å². The number of alkyl halides is 3. The van der Waals surface area contributed by atoms with Gasteiger partial charge in [0.1, 0.15) is 11.5 Å². The summed E-state index contributed by atoms with van der Waals surface area (Å²) in [6, 6.07) is 4.84. The summed E-state index contributed by atoms with van der Waals surface area (Å²) >= 11 is 5.78. The molecule has 6 nitrogen and oxygen atoms in total. The molecule has 2 atom stereocenters. The van der Waals surface area contributed by atoms with Gasteiger partial charge in [-0.15, -0.1) is 0 Å². The lowest BCUT2D eigenvalue weighted by molar-refractivity contribution is -0.141. The molecule has 0 aliphatic carbocycles. The first-order chi connectivity index (χ1) is 14.2. The SMILES string of the molecule is O=C(c1ccc(F)c(Cl)c1)N1CC[C@@H]2CC[C@@H](Nc3nccc(C(F)(F)F)n3)N2C1. The van der Waals surface area contributed by atoms with Crippen LogP contribution in [-0.2, 0) is 6.18 Å². The number of hydrogen-bond acceptors (Lipinski definition) is 5. The Morgan fingerprint density at radius 3 is 2.73 bits per heavy atom. The van der Waals surface area contributed by atoms with Crippen LogP contribution in [0, 0.1) is 5.82 Å². The fraction of sp³-hybridized carbons (Fsp3) is 0.421. The second-order valence-electron chi connectivity index (χ2n) is 7.30. The number of benzene rings is 1. The molecule has 2 aromatic rings. The molecule has 160 valence electrons. The van der Waals surface area contributed by atoms with Gasteiger partial charge in [0.05, 0.1) is 17.9 Å². The molecular weight excluding hydrogens is 426 g/mol.